The van der Waals surface area contributed by atoms with E-state index in [4.69, 9.17) is 4.42 Å². The van der Waals surface area contributed by atoms with Crippen molar-refractivity contribution in [2.75, 3.05) is 0 Å². The van der Waals surface area contributed by atoms with Crippen LogP contribution in [0.5, 0.6) is 0 Å². The highest BCUT2D eigenvalue weighted by Gasteiger charge is 2.68. The molecular weight excluding hydrogens is 256 g/mol. The predicted octanol–water partition coefficient (Wildman–Crippen LogP) is 3.91. The molecule has 0 amide bonds. The Morgan fingerprint density at radius 2 is 1.87 bits per heavy atom. The number of hydrogen-bond donors (Lipinski definition) is 0. The number of rotatable bonds is 2. The lowest BCUT2D eigenvalue weighted by atomic mass is 10.0. The molecule has 82 valence electrons. The van der Waals surface area contributed by atoms with Gasteiger partial charge in [0.15, 0.2) is 5.76 Å². The number of hydrogen-bond acceptors (Lipinski definition) is 2. The molecule has 0 bridgehead atoms. The van der Waals surface area contributed by atoms with Gasteiger partial charge in [-0.05, 0) is 32.8 Å². The van der Waals surface area contributed by atoms with Gasteiger partial charge < -0.3 is 4.42 Å². The predicted molar refractivity (Wildman–Crippen MR) is 61.8 cm³/mol. The summed E-state index contributed by atoms with van der Waals surface area (Å²) >= 11 is 3.32. The molecule has 0 aromatic carbocycles. The van der Waals surface area contributed by atoms with Crippen LogP contribution in [0.1, 0.15) is 38.2 Å². The first-order chi connectivity index (χ1) is 6.80. The summed E-state index contributed by atoms with van der Waals surface area (Å²) in [6.45, 7) is 8.53. The minimum Gasteiger partial charge on any atom is -0.460 e. The van der Waals surface area contributed by atoms with Gasteiger partial charge in [0, 0.05) is 5.92 Å². The lowest BCUT2D eigenvalue weighted by Gasteiger charge is -2.03. The molecule has 2 rings (SSSR count). The van der Waals surface area contributed by atoms with Crippen LogP contribution in [0.15, 0.2) is 21.2 Å². The first kappa shape index (κ1) is 10.9. The second-order valence-corrected chi connectivity index (χ2v) is 6.19. The Hall–Kier alpha value is -0.570. The van der Waals surface area contributed by atoms with Gasteiger partial charge >= 0.3 is 0 Å². The topological polar surface area (TPSA) is 30.2 Å². The van der Waals surface area contributed by atoms with Crippen LogP contribution in [0, 0.1) is 16.7 Å². The van der Waals surface area contributed by atoms with Crippen LogP contribution in [0.3, 0.4) is 0 Å². The molecule has 1 aliphatic carbocycles. The molecule has 0 unspecified atom stereocenters. The van der Waals surface area contributed by atoms with Crippen LogP contribution in [-0.4, -0.2) is 5.78 Å². The number of Topliss-reactive ketones (excluding diaryl/α,β-unsaturated/α-hetero) is 1. The molecule has 0 N–H and O–H groups in total. The number of carbonyl (C=O) groups is 1. The number of carbonyl (C=O) groups excluding carboxylic acids is 1. The fourth-order valence-electron chi connectivity index (χ4n) is 2.45. The van der Waals surface area contributed by atoms with Crippen molar-refractivity contribution in [1.82, 2.24) is 0 Å². The molecule has 15 heavy (non-hydrogen) atoms. The molecule has 2 nitrogen and oxygen atoms in total. The van der Waals surface area contributed by atoms with E-state index in [9.17, 15) is 4.79 Å². The summed E-state index contributed by atoms with van der Waals surface area (Å²) in [5.74, 6) is 0.632. The fraction of sp³-hybridized carbons (Fsp3) is 0.583. The van der Waals surface area contributed by atoms with Crippen LogP contribution in [0.4, 0.5) is 0 Å². The number of furan rings is 1. The summed E-state index contributed by atoms with van der Waals surface area (Å²) in [7, 11) is 0. The largest absolute Gasteiger partial charge is 0.460 e. The normalized spacial score (nSPS) is 22.7. The average Bonchev–Trinajstić information content (AvgIpc) is 2.48. The third-order valence-corrected chi connectivity index (χ3v) is 4.75. The van der Waals surface area contributed by atoms with Crippen LogP contribution in [0.25, 0.3) is 0 Å². The van der Waals surface area contributed by atoms with Crippen LogP contribution >= 0.6 is 15.9 Å². The molecule has 1 saturated carbocycles. The van der Waals surface area contributed by atoms with Crippen LogP contribution in [0.2, 0.25) is 0 Å². The van der Waals surface area contributed by atoms with Crippen LogP contribution < -0.4 is 0 Å². The highest BCUT2D eigenvalue weighted by Crippen LogP contribution is 2.69. The van der Waals surface area contributed by atoms with Gasteiger partial charge in [-0.25, -0.2) is 0 Å². The lowest BCUT2D eigenvalue weighted by molar-refractivity contribution is 0.0916. The molecular formula is C12H15BrO2. The standard InChI is InChI=1S/C12H15BrO2/c1-11(2)10(12(11,3)4)8(14)9-7(13)5-6-15-9/h5-6,10H,1-4H3. The number of ketones is 1. The summed E-state index contributed by atoms with van der Waals surface area (Å²) in [6, 6.07) is 1.76. The quantitative estimate of drug-likeness (QED) is 0.763. The van der Waals surface area contributed by atoms with Gasteiger partial charge in [-0.3, -0.25) is 4.79 Å². The Morgan fingerprint density at radius 3 is 2.20 bits per heavy atom. The van der Waals surface area contributed by atoms with E-state index < -0.39 is 0 Å². The summed E-state index contributed by atoms with van der Waals surface area (Å²) in [5, 5.41) is 0. The Labute approximate surface area is 98.2 Å². The summed E-state index contributed by atoms with van der Waals surface area (Å²) < 4.78 is 5.97. The van der Waals surface area contributed by atoms with Gasteiger partial charge in [0.05, 0.1) is 10.7 Å². The second kappa shape index (κ2) is 2.97. The average molecular weight is 271 g/mol. The van der Waals surface area contributed by atoms with Crippen molar-refractivity contribution in [3.8, 4) is 0 Å². The lowest BCUT2D eigenvalue weighted by Crippen LogP contribution is -2.06. The molecule has 1 aromatic rings. The minimum atomic E-state index is 0.0625. The van der Waals surface area contributed by atoms with Crippen molar-refractivity contribution in [2.24, 2.45) is 16.7 Å². The summed E-state index contributed by atoms with van der Waals surface area (Å²) in [4.78, 5) is 12.2. The van der Waals surface area contributed by atoms with E-state index in [1.165, 1.54) is 0 Å². The Balaban J connectivity index is 2.30. The van der Waals surface area contributed by atoms with Gasteiger partial charge in [0.1, 0.15) is 0 Å². The van der Waals surface area contributed by atoms with Crippen molar-refractivity contribution >= 4 is 21.7 Å². The molecule has 0 spiro atoms. The monoisotopic (exact) mass is 270 g/mol. The maximum Gasteiger partial charge on any atom is 0.203 e. The molecule has 1 fully saturated rings. The molecule has 1 aliphatic rings. The van der Waals surface area contributed by atoms with E-state index in [0.29, 0.717) is 5.76 Å². The molecule has 1 aromatic heterocycles. The van der Waals surface area contributed by atoms with Gasteiger partial charge in [-0.1, -0.05) is 27.7 Å². The molecule has 0 radical (unpaired) electrons. The molecule has 0 atom stereocenters. The highest BCUT2D eigenvalue weighted by atomic mass is 79.9. The van der Waals surface area contributed by atoms with E-state index in [0.717, 1.165) is 4.47 Å². The molecule has 3 heteroatoms. The van der Waals surface area contributed by atoms with E-state index in [-0.39, 0.29) is 22.5 Å². The van der Waals surface area contributed by atoms with Gasteiger partial charge in [-0.2, -0.15) is 0 Å². The second-order valence-electron chi connectivity index (χ2n) is 5.34. The molecule has 1 heterocycles. The zero-order valence-corrected chi connectivity index (χ0v) is 11.0. The Bertz CT molecular complexity index is 401. The smallest absolute Gasteiger partial charge is 0.203 e. The maximum atomic E-state index is 12.2. The van der Waals surface area contributed by atoms with Crippen molar-refractivity contribution in [1.29, 1.82) is 0 Å². The zero-order valence-electron chi connectivity index (χ0n) is 9.43. The van der Waals surface area contributed by atoms with Crippen molar-refractivity contribution in [3.05, 3.63) is 22.6 Å². The molecule has 0 saturated heterocycles. The maximum absolute atomic E-state index is 12.2. The van der Waals surface area contributed by atoms with E-state index in [1.807, 2.05) is 0 Å². The summed E-state index contributed by atoms with van der Waals surface area (Å²) in [5.41, 5.74) is 0.132. The van der Waals surface area contributed by atoms with Crippen molar-refractivity contribution < 1.29 is 9.21 Å². The SMILES string of the molecule is CC1(C)C(C(=O)c2occc2Br)C1(C)C. The van der Waals surface area contributed by atoms with Gasteiger partial charge in [0.2, 0.25) is 5.78 Å². The minimum absolute atomic E-state index is 0.0625. The van der Waals surface area contributed by atoms with Gasteiger partial charge in [0.25, 0.3) is 0 Å². The van der Waals surface area contributed by atoms with E-state index in [1.54, 1.807) is 12.3 Å². The first-order valence-electron chi connectivity index (χ1n) is 5.07. The van der Waals surface area contributed by atoms with E-state index in [2.05, 4.69) is 43.6 Å². The first-order valence-corrected chi connectivity index (χ1v) is 5.86. The van der Waals surface area contributed by atoms with Crippen molar-refractivity contribution in [3.63, 3.8) is 0 Å². The highest BCUT2D eigenvalue weighted by molar-refractivity contribution is 9.10. The Kier molecular flexibility index (Phi) is 2.16. The van der Waals surface area contributed by atoms with Crippen LogP contribution in [-0.2, 0) is 0 Å². The summed E-state index contributed by atoms with van der Waals surface area (Å²) in [6.07, 6.45) is 1.54. The Morgan fingerprint density at radius 1 is 1.33 bits per heavy atom. The third kappa shape index (κ3) is 1.32. The van der Waals surface area contributed by atoms with Gasteiger partial charge in [-0.15, -0.1) is 0 Å². The fourth-order valence-corrected chi connectivity index (χ4v) is 2.85. The molecule has 0 aliphatic heterocycles. The number of halogens is 1. The zero-order chi connectivity index (χ0) is 11.4. The third-order valence-electron chi connectivity index (χ3n) is 4.12. The van der Waals surface area contributed by atoms with E-state index >= 15 is 0 Å². The van der Waals surface area contributed by atoms with Crippen molar-refractivity contribution in [2.45, 2.75) is 27.7 Å².